The Morgan fingerprint density at radius 2 is 2.42 bits per heavy atom. The van der Waals surface area contributed by atoms with Crippen molar-refractivity contribution in [1.29, 1.82) is 0 Å². The van der Waals surface area contributed by atoms with Crippen LogP contribution in [0.1, 0.15) is 6.42 Å². The molecule has 0 saturated carbocycles. The molecular weight excluding hydrogens is 154 g/mol. The summed E-state index contributed by atoms with van der Waals surface area (Å²) < 4.78 is 1.83. The fourth-order valence-electron chi connectivity index (χ4n) is 0.819. The summed E-state index contributed by atoms with van der Waals surface area (Å²) in [5, 5.41) is 0. The van der Waals surface area contributed by atoms with Crippen LogP contribution in [0.3, 0.4) is 0 Å². The summed E-state index contributed by atoms with van der Waals surface area (Å²) >= 11 is 0. The molecule has 0 unspecified atom stereocenters. The lowest BCUT2D eigenvalue weighted by molar-refractivity contribution is -0.128. The van der Waals surface area contributed by atoms with Crippen molar-refractivity contribution in [2.75, 3.05) is 14.1 Å². The van der Waals surface area contributed by atoms with Gasteiger partial charge in [-0.25, -0.2) is 4.98 Å². The number of imidazole rings is 1. The van der Waals surface area contributed by atoms with Gasteiger partial charge in [0.05, 0.1) is 6.33 Å². The van der Waals surface area contributed by atoms with Crippen molar-refractivity contribution in [1.82, 2.24) is 14.5 Å². The second kappa shape index (κ2) is 3.90. The molecule has 0 N–H and O–H groups in total. The van der Waals surface area contributed by atoms with E-state index in [0.29, 0.717) is 13.0 Å². The number of aryl methyl sites for hydroxylation is 1. The van der Waals surface area contributed by atoms with E-state index in [1.807, 2.05) is 4.57 Å². The third kappa shape index (κ3) is 2.38. The van der Waals surface area contributed by atoms with E-state index in [-0.39, 0.29) is 5.91 Å². The number of rotatable bonds is 3. The van der Waals surface area contributed by atoms with Crippen LogP contribution < -0.4 is 0 Å². The number of nitrogens with zero attached hydrogens (tertiary/aromatic N) is 3. The van der Waals surface area contributed by atoms with Crippen molar-refractivity contribution in [2.45, 2.75) is 13.0 Å². The Balaban J connectivity index is 2.32. The van der Waals surface area contributed by atoms with Gasteiger partial charge in [-0.2, -0.15) is 0 Å². The Bertz CT molecular complexity index is 241. The molecule has 1 amide bonds. The summed E-state index contributed by atoms with van der Waals surface area (Å²) in [6.07, 6.45) is 6.56. The Hall–Kier alpha value is -1.32. The molecule has 0 atom stereocenters. The highest BCUT2D eigenvalue weighted by Crippen LogP contribution is 1.92. The van der Waals surface area contributed by atoms with Crippen molar-refractivity contribution < 1.29 is 4.79 Å². The molecule has 1 aromatic rings. The molecule has 1 radical (unpaired) electrons. The van der Waals surface area contributed by atoms with Gasteiger partial charge in [0, 0.05) is 33.3 Å². The standard InChI is InChI=1S/C8H12N3O/c1-10(2)8(12)3-5-11-6-4-9-7-11/h6-7H,3,5H2,1-2H3. The maximum absolute atomic E-state index is 11.1. The van der Waals surface area contributed by atoms with E-state index in [9.17, 15) is 4.79 Å². The third-order valence-electron chi connectivity index (χ3n) is 1.59. The predicted octanol–water partition coefficient (Wildman–Crippen LogP) is 0.162. The zero-order valence-corrected chi connectivity index (χ0v) is 7.32. The molecule has 65 valence electrons. The topological polar surface area (TPSA) is 38.1 Å². The summed E-state index contributed by atoms with van der Waals surface area (Å²) in [6, 6.07) is 0. The van der Waals surface area contributed by atoms with Crippen LogP contribution in [0.5, 0.6) is 0 Å². The quantitative estimate of drug-likeness (QED) is 0.641. The number of carbonyl (C=O) groups is 1. The van der Waals surface area contributed by atoms with Gasteiger partial charge in [-0.15, -0.1) is 0 Å². The molecule has 0 spiro atoms. The van der Waals surface area contributed by atoms with Crippen LogP contribution in [0, 0.1) is 6.20 Å². The fraction of sp³-hybridized carbons (Fsp3) is 0.500. The second-order valence-corrected chi connectivity index (χ2v) is 2.78. The van der Waals surface area contributed by atoms with Crippen LogP contribution >= 0.6 is 0 Å². The van der Waals surface area contributed by atoms with Gasteiger partial charge in [0.25, 0.3) is 0 Å². The zero-order chi connectivity index (χ0) is 8.97. The minimum atomic E-state index is 0.128. The minimum absolute atomic E-state index is 0.128. The molecule has 4 nitrogen and oxygen atoms in total. The lowest BCUT2D eigenvalue weighted by Crippen LogP contribution is -2.22. The Kier molecular flexibility index (Phi) is 2.85. The minimum Gasteiger partial charge on any atom is -0.349 e. The largest absolute Gasteiger partial charge is 0.349 e. The number of hydrogen-bond acceptors (Lipinski definition) is 2. The van der Waals surface area contributed by atoms with E-state index in [1.165, 1.54) is 0 Å². The third-order valence-corrected chi connectivity index (χ3v) is 1.59. The van der Waals surface area contributed by atoms with Crippen molar-refractivity contribution >= 4 is 5.91 Å². The molecule has 0 aliphatic rings. The second-order valence-electron chi connectivity index (χ2n) is 2.78. The van der Waals surface area contributed by atoms with Gasteiger partial charge in [0.2, 0.25) is 5.91 Å². The molecule has 0 aromatic carbocycles. The Labute approximate surface area is 71.8 Å². The summed E-state index contributed by atoms with van der Waals surface area (Å²) in [7, 11) is 3.50. The predicted molar refractivity (Wildman–Crippen MR) is 44.4 cm³/mol. The average Bonchev–Trinajstić information content (AvgIpc) is 2.51. The molecule has 0 saturated heterocycles. The van der Waals surface area contributed by atoms with Crippen molar-refractivity contribution in [3.8, 4) is 0 Å². The highest BCUT2D eigenvalue weighted by Gasteiger charge is 2.02. The lowest BCUT2D eigenvalue weighted by atomic mass is 10.4. The van der Waals surface area contributed by atoms with E-state index >= 15 is 0 Å². The molecule has 1 aromatic heterocycles. The van der Waals surface area contributed by atoms with Gasteiger partial charge >= 0.3 is 0 Å². The number of aromatic nitrogens is 2. The van der Waals surface area contributed by atoms with Crippen LogP contribution in [-0.4, -0.2) is 34.5 Å². The fourth-order valence-corrected chi connectivity index (χ4v) is 0.819. The van der Waals surface area contributed by atoms with Crippen LogP contribution in [0.25, 0.3) is 0 Å². The van der Waals surface area contributed by atoms with Crippen LogP contribution in [0.4, 0.5) is 0 Å². The van der Waals surface area contributed by atoms with Crippen molar-refractivity contribution in [2.24, 2.45) is 0 Å². The van der Waals surface area contributed by atoms with Crippen LogP contribution in [-0.2, 0) is 11.3 Å². The summed E-state index contributed by atoms with van der Waals surface area (Å²) in [5.74, 6) is 0.128. The summed E-state index contributed by atoms with van der Waals surface area (Å²) in [4.78, 5) is 16.5. The van der Waals surface area contributed by atoms with Gasteiger partial charge in [0.15, 0.2) is 0 Å². The lowest BCUT2D eigenvalue weighted by Gasteiger charge is -2.09. The zero-order valence-electron chi connectivity index (χ0n) is 7.32. The summed E-state index contributed by atoms with van der Waals surface area (Å²) in [6.45, 7) is 0.674. The Morgan fingerprint density at radius 1 is 1.67 bits per heavy atom. The summed E-state index contributed by atoms with van der Waals surface area (Å²) in [5.41, 5.74) is 0. The molecule has 0 fully saturated rings. The molecule has 0 bridgehead atoms. The van der Waals surface area contributed by atoms with E-state index in [1.54, 1.807) is 31.5 Å². The number of hydrogen-bond donors (Lipinski definition) is 0. The van der Waals surface area contributed by atoms with Gasteiger partial charge in [0.1, 0.15) is 6.20 Å². The monoisotopic (exact) mass is 166 g/mol. The number of amides is 1. The molecular formula is C8H12N3O. The first-order valence-electron chi connectivity index (χ1n) is 3.78. The van der Waals surface area contributed by atoms with Gasteiger partial charge in [-0.1, -0.05) is 0 Å². The first kappa shape index (κ1) is 8.77. The molecule has 1 heterocycles. The van der Waals surface area contributed by atoms with Gasteiger partial charge in [-0.3, -0.25) is 4.79 Å². The van der Waals surface area contributed by atoms with Crippen LogP contribution in [0.15, 0.2) is 12.5 Å². The maximum atomic E-state index is 11.1. The van der Waals surface area contributed by atoms with Gasteiger partial charge < -0.3 is 9.47 Å². The first-order chi connectivity index (χ1) is 5.70. The first-order valence-corrected chi connectivity index (χ1v) is 3.78. The normalized spacial score (nSPS) is 9.83. The highest BCUT2D eigenvalue weighted by molar-refractivity contribution is 5.75. The van der Waals surface area contributed by atoms with Crippen molar-refractivity contribution in [3.05, 3.63) is 18.7 Å². The maximum Gasteiger partial charge on any atom is 0.223 e. The molecule has 0 aliphatic heterocycles. The molecule has 12 heavy (non-hydrogen) atoms. The van der Waals surface area contributed by atoms with Crippen LogP contribution in [0.2, 0.25) is 0 Å². The molecule has 4 heteroatoms. The van der Waals surface area contributed by atoms with Gasteiger partial charge in [-0.05, 0) is 0 Å². The van der Waals surface area contributed by atoms with E-state index in [4.69, 9.17) is 0 Å². The van der Waals surface area contributed by atoms with E-state index < -0.39 is 0 Å². The highest BCUT2D eigenvalue weighted by atomic mass is 16.2. The molecule has 1 rings (SSSR count). The van der Waals surface area contributed by atoms with Crippen molar-refractivity contribution in [3.63, 3.8) is 0 Å². The SMILES string of the molecule is CN(C)C(=O)CCn1c[c]nc1. The van der Waals surface area contributed by atoms with E-state index in [0.717, 1.165) is 0 Å². The number of carbonyl (C=O) groups excluding carboxylic acids is 1. The van der Waals surface area contributed by atoms with E-state index in [2.05, 4.69) is 11.2 Å². The average molecular weight is 166 g/mol. The smallest absolute Gasteiger partial charge is 0.223 e. The Morgan fingerprint density at radius 3 is 2.92 bits per heavy atom. The molecule has 0 aliphatic carbocycles.